The molecule has 2 aliphatic rings. The number of hydrogen-bond acceptors (Lipinski definition) is 8. The van der Waals surface area contributed by atoms with Gasteiger partial charge in [0.15, 0.2) is 5.13 Å². The monoisotopic (exact) mass is 424 g/mol. The average Bonchev–Trinajstić information content (AvgIpc) is 3.17. The van der Waals surface area contributed by atoms with E-state index in [-0.39, 0.29) is 33.3 Å². The molecule has 3 aromatic rings. The molecular formula is C21H24N6O2S. The standard InChI is InChI=1S/C21H24N6O2S/c1-20(2)8-13-9-21(3,10-20)11-26(13)18-16(27(28)29)17(22-12-23-18)25-19-24-14-6-4-5-7-15(14)30-19/h4-7,12-13H,8-11H2,1-3H3,(H,22,23,24,25). The molecule has 1 aliphatic heterocycles. The van der Waals surface area contributed by atoms with Gasteiger partial charge >= 0.3 is 5.69 Å². The summed E-state index contributed by atoms with van der Waals surface area (Å²) >= 11 is 1.45. The van der Waals surface area contributed by atoms with Crippen LogP contribution in [0.15, 0.2) is 30.6 Å². The van der Waals surface area contributed by atoms with Crippen LogP contribution in [-0.4, -0.2) is 32.5 Å². The van der Waals surface area contributed by atoms with Crippen molar-refractivity contribution in [1.29, 1.82) is 0 Å². The molecule has 2 fully saturated rings. The van der Waals surface area contributed by atoms with Crippen LogP contribution in [0.25, 0.3) is 10.2 Å². The highest BCUT2D eigenvalue weighted by molar-refractivity contribution is 7.22. The Morgan fingerprint density at radius 3 is 2.80 bits per heavy atom. The van der Waals surface area contributed by atoms with Crippen LogP contribution in [0.3, 0.4) is 0 Å². The number of thiazole rings is 1. The van der Waals surface area contributed by atoms with Crippen LogP contribution < -0.4 is 10.2 Å². The van der Waals surface area contributed by atoms with E-state index in [2.05, 4.69) is 45.9 Å². The molecule has 1 N–H and O–H groups in total. The third-order valence-electron chi connectivity index (χ3n) is 6.19. The number of rotatable bonds is 4. The van der Waals surface area contributed by atoms with Crippen LogP contribution in [0.1, 0.15) is 40.0 Å². The molecule has 8 nitrogen and oxygen atoms in total. The lowest BCUT2D eigenvalue weighted by atomic mass is 9.65. The molecule has 0 amide bonds. The maximum atomic E-state index is 12.1. The highest BCUT2D eigenvalue weighted by Gasteiger charge is 2.51. The molecule has 5 rings (SSSR count). The second kappa shape index (κ2) is 6.60. The van der Waals surface area contributed by atoms with Crippen molar-refractivity contribution >= 4 is 44.0 Å². The minimum atomic E-state index is -0.374. The van der Waals surface area contributed by atoms with Gasteiger partial charge in [0.05, 0.1) is 15.1 Å². The molecule has 2 aromatic heterocycles. The first-order valence-electron chi connectivity index (χ1n) is 10.1. The molecule has 9 heteroatoms. The predicted molar refractivity (Wildman–Crippen MR) is 118 cm³/mol. The molecule has 3 heterocycles. The lowest BCUT2D eigenvalue weighted by molar-refractivity contribution is -0.383. The molecule has 2 bridgehead atoms. The number of hydrogen-bond donors (Lipinski definition) is 1. The van der Waals surface area contributed by atoms with Gasteiger partial charge in [-0.05, 0) is 42.2 Å². The predicted octanol–water partition coefficient (Wildman–Crippen LogP) is 5.14. The average molecular weight is 425 g/mol. The van der Waals surface area contributed by atoms with Crippen LogP contribution >= 0.6 is 11.3 Å². The van der Waals surface area contributed by atoms with Crippen molar-refractivity contribution in [2.24, 2.45) is 10.8 Å². The summed E-state index contributed by atoms with van der Waals surface area (Å²) in [6, 6.07) is 8.02. The third kappa shape index (κ3) is 3.27. The van der Waals surface area contributed by atoms with Gasteiger partial charge < -0.3 is 10.2 Å². The van der Waals surface area contributed by atoms with Gasteiger partial charge in [0.1, 0.15) is 6.33 Å². The molecule has 0 radical (unpaired) electrons. The van der Waals surface area contributed by atoms with Crippen LogP contribution in [0.2, 0.25) is 0 Å². The van der Waals surface area contributed by atoms with Crippen molar-refractivity contribution in [3.63, 3.8) is 0 Å². The van der Waals surface area contributed by atoms with Crippen molar-refractivity contribution < 1.29 is 4.92 Å². The fourth-order valence-corrected chi connectivity index (χ4v) is 6.44. The number of nitrogens with one attached hydrogen (secondary N) is 1. The van der Waals surface area contributed by atoms with Gasteiger partial charge in [0.2, 0.25) is 11.6 Å². The van der Waals surface area contributed by atoms with Crippen LogP contribution in [-0.2, 0) is 0 Å². The largest absolute Gasteiger partial charge is 0.353 e. The van der Waals surface area contributed by atoms with Gasteiger partial charge in [0, 0.05) is 12.6 Å². The van der Waals surface area contributed by atoms with Crippen molar-refractivity contribution in [1.82, 2.24) is 15.0 Å². The second-order valence-electron chi connectivity index (χ2n) is 9.60. The summed E-state index contributed by atoms with van der Waals surface area (Å²) in [7, 11) is 0. The fraction of sp³-hybridized carbons (Fsp3) is 0.476. The van der Waals surface area contributed by atoms with E-state index < -0.39 is 0 Å². The molecule has 30 heavy (non-hydrogen) atoms. The van der Waals surface area contributed by atoms with E-state index in [1.165, 1.54) is 17.7 Å². The van der Waals surface area contributed by atoms with Crippen LogP contribution in [0, 0.1) is 20.9 Å². The summed E-state index contributed by atoms with van der Waals surface area (Å²) < 4.78 is 1.01. The maximum Gasteiger partial charge on any atom is 0.353 e. The first-order valence-corrected chi connectivity index (χ1v) is 10.9. The Bertz CT molecular complexity index is 1110. The second-order valence-corrected chi connectivity index (χ2v) is 10.6. The first-order chi connectivity index (χ1) is 14.2. The van der Waals surface area contributed by atoms with Gasteiger partial charge in [-0.1, -0.05) is 44.2 Å². The molecule has 2 atom stereocenters. The molecule has 1 aromatic carbocycles. The SMILES string of the molecule is CC1(C)CC2CC(C)(CN2c2ncnc(Nc3nc4ccccc4s3)c2[N+](=O)[O-])C1. The molecule has 2 unspecified atom stereocenters. The van der Waals surface area contributed by atoms with E-state index in [9.17, 15) is 10.1 Å². The summed E-state index contributed by atoms with van der Waals surface area (Å²) in [6.45, 7) is 7.64. The number of para-hydroxylation sites is 1. The molecule has 1 saturated heterocycles. The van der Waals surface area contributed by atoms with Gasteiger partial charge in [-0.2, -0.15) is 0 Å². The Morgan fingerprint density at radius 1 is 1.23 bits per heavy atom. The highest BCUT2D eigenvalue weighted by atomic mass is 32.1. The zero-order chi connectivity index (χ0) is 21.1. The summed E-state index contributed by atoms with van der Waals surface area (Å²) in [5.74, 6) is 0.597. The minimum Gasteiger partial charge on any atom is -0.347 e. The highest BCUT2D eigenvalue weighted by Crippen LogP contribution is 2.54. The Hall–Kier alpha value is -2.81. The third-order valence-corrected chi connectivity index (χ3v) is 7.14. The topological polar surface area (TPSA) is 97.1 Å². The van der Waals surface area contributed by atoms with Gasteiger partial charge in [-0.15, -0.1) is 0 Å². The van der Waals surface area contributed by atoms with E-state index in [0.717, 1.165) is 36.0 Å². The Balaban J connectivity index is 1.53. The van der Waals surface area contributed by atoms with Gasteiger partial charge in [-0.3, -0.25) is 10.1 Å². The lowest BCUT2D eigenvalue weighted by Gasteiger charge is -2.39. The number of benzene rings is 1. The van der Waals surface area contributed by atoms with E-state index in [4.69, 9.17) is 0 Å². The number of fused-ring (bicyclic) bond motifs is 3. The van der Waals surface area contributed by atoms with Crippen molar-refractivity contribution in [2.45, 2.75) is 46.1 Å². The Labute approximate surface area is 178 Å². The minimum absolute atomic E-state index is 0.0780. The summed E-state index contributed by atoms with van der Waals surface area (Å²) in [6.07, 6.45) is 4.57. The molecule has 0 spiro atoms. The van der Waals surface area contributed by atoms with E-state index in [0.29, 0.717) is 10.9 Å². The number of nitrogens with zero attached hydrogens (tertiary/aromatic N) is 5. The number of anilines is 3. The van der Waals surface area contributed by atoms with Crippen molar-refractivity contribution in [3.05, 3.63) is 40.7 Å². The van der Waals surface area contributed by atoms with E-state index in [1.807, 2.05) is 24.3 Å². The zero-order valence-electron chi connectivity index (χ0n) is 17.3. The van der Waals surface area contributed by atoms with Gasteiger partial charge in [0.25, 0.3) is 0 Å². The van der Waals surface area contributed by atoms with Crippen LogP contribution in [0.5, 0.6) is 0 Å². The molecule has 156 valence electrons. The van der Waals surface area contributed by atoms with Crippen molar-refractivity contribution in [3.8, 4) is 0 Å². The van der Waals surface area contributed by atoms with Gasteiger partial charge in [-0.25, -0.2) is 15.0 Å². The quantitative estimate of drug-likeness (QED) is 0.457. The normalized spacial score (nSPS) is 24.9. The maximum absolute atomic E-state index is 12.1. The van der Waals surface area contributed by atoms with E-state index >= 15 is 0 Å². The van der Waals surface area contributed by atoms with E-state index in [1.54, 1.807) is 0 Å². The summed E-state index contributed by atoms with van der Waals surface area (Å²) in [5.41, 5.74) is 1.14. The molecule has 1 saturated carbocycles. The molecule has 1 aliphatic carbocycles. The molecular weight excluding hydrogens is 400 g/mol. The first kappa shape index (κ1) is 19.2. The summed E-state index contributed by atoms with van der Waals surface area (Å²) in [4.78, 5) is 27.0. The fourth-order valence-electron chi connectivity index (χ4n) is 5.57. The Morgan fingerprint density at radius 2 is 2.03 bits per heavy atom. The number of nitro groups is 1. The zero-order valence-corrected chi connectivity index (χ0v) is 18.1. The lowest BCUT2D eigenvalue weighted by Crippen LogP contribution is -2.35. The van der Waals surface area contributed by atoms with Crippen LogP contribution in [0.4, 0.5) is 22.5 Å². The van der Waals surface area contributed by atoms with Crippen molar-refractivity contribution in [2.75, 3.05) is 16.8 Å². The Kier molecular flexibility index (Phi) is 4.22. The summed E-state index contributed by atoms with van der Waals surface area (Å²) in [5, 5.41) is 15.8. The number of aromatic nitrogens is 3. The smallest absolute Gasteiger partial charge is 0.347 e.